The molecule has 1 aliphatic rings. The fraction of sp³-hybridized carbons (Fsp3) is 0.556. The first-order valence-electron chi connectivity index (χ1n) is 8.24. The molecule has 0 saturated heterocycles. The van der Waals surface area contributed by atoms with E-state index in [9.17, 15) is 14.0 Å². The van der Waals surface area contributed by atoms with E-state index in [2.05, 4.69) is 10.6 Å². The van der Waals surface area contributed by atoms with E-state index in [-0.39, 0.29) is 23.7 Å². The van der Waals surface area contributed by atoms with Crippen molar-refractivity contribution in [1.29, 1.82) is 0 Å². The van der Waals surface area contributed by atoms with Crippen molar-refractivity contribution >= 4 is 11.8 Å². The number of carbonyl (C=O) groups excluding carboxylic acids is 2. The highest BCUT2D eigenvalue weighted by atomic mass is 19.1. The van der Waals surface area contributed by atoms with Crippen LogP contribution in [0.4, 0.5) is 4.39 Å². The third-order valence-corrected chi connectivity index (χ3v) is 4.46. The monoisotopic (exact) mass is 320 g/mol. The van der Waals surface area contributed by atoms with Gasteiger partial charge in [-0.2, -0.15) is 0 Å². The molecule has 1 aliphatic carbocycles. The molecule has 5 heteroatoms. The largest absolute Gasteiger partial charge is 0.355 e. The molecule has 0 atom stereocenters. The van der Waals surface area contributed by atoms with E-state index in [4.69, 9.17) is 0 Å². The zero-order valence-corrected chi connectivity index (χ0v) is 13.8. The molecule has 0 spiro atoms. The molecule has 0 aliphatic heterocycles. The number of halogens is 1. The molecule has 0 radical (unpaired) electrons. The average molecular weight is 320 g/mol. The normalized spacial score (nSPS) is 15.4. The van der Waals surface area contributed by atoms with Gasteiger partial charge < -0.3 is 10.6 Å². The second kappa shape index (κ2) is 7.57. The Balaban J connectivity index is 1.83. The molecule has 0 bridgehead atoms. The second-order valence-electron chi connectivity index (χ2n) is 6.68. The second-order valence-corrected chi connectivity index (χ2v) is 6.68. The Labute approximate surface area is 136 Å². The van der Waals surface area contributed by atoms with Crippen molar-refractivity contribution in [3.05, 3.63) is 35.6 Å². The van der Waals surface area contributed by atoms with Gasteiger partial charge in [-0.15, -0.1) is 0 Å². The molecular weight excluding hydrogens is 295 g/mol. The summed E-state index contributed by atoms with van der Waals surface area (Å²) < 4.78 is 13.5. The molecular formula is C18H25FN2O2. The first-order chi connectivity index (χ1) is 10.9. The predicted molar refractivity (Wildman–Crippen MR) is 87.3 cm³/mol. The topological polar surface area (TPSA) is 58.2 Å². The van der Waals surface area contributed by atoms with E-state index in [1.54, 1.807) is 32.0 Å². The van der Waals surface area contributed by atoms with Crippen LogP contribution in [0, 0.1) is 11.2 Å². The van der Waals surface area contributed by atoms with Crippen LogP contribution in [0.5, 0.6) is 0 Å². The lowest BCUT2D eigenvalue weighted by Crippen LogP contribution is -2.50. The van der Waals surface area contributed by atoms with Crippen molar-refractivity contribution in [2.24, 2.45) is 5.41 Å². The highest BCUT2D eigenvalue weighted by molar-refractivity contribution is 6.04. The van der Waals surface area contributed by atoms with Crippen LogP contribution in [0.3, 0.4) is 0 Å². The molecule has 2 N–H and O–H groups in total. The Morgan fingerprint density at radius 1 is 1.17 bits per heavy atom. The number of nitrogens with one attached hydrogen (secondary N) is 2. The Morgan fingerprint density at radius 2 is 1.83 bits per heavy atom. The summed E-state index contributed by atoms with van der Waals surface area (Å²) in [4.78, 5) is 24.6. The zero-order valence-electron chi connectivity index (χ0n) is 13.8. The van der Waals surface area contributed by atoms with Gasteiger partial charge in [0.2, 0.25) is 11.8 Å². The summed E-state index contributed by atoms with van der Waals surface area (Å²) >= 11 is 0. The van der Waals surface area contributed by atoms with Crippen molar-refractivity contribution < 1.29 is 14.0 Å². The predicted octanol–water partition coefficient (Wildman–Crippen LogP) is 2.57. The van der Waals surface area contributed by atoms with Gasteiger partial charge in [0.15, 0.2) is 0 Å². The summed E-state index contributed by atoms with van der Waals surface area (Å²) in [5.41, 5.74) is -0.571. The Morgan fingerprint density at radius 3 is 2.48 bits per heavy atom. The molecule has 2 rings (SSSR count). The molecule has 1 fully saturated rings. The first kappa shape index (κ1) is 17.4. The van der Waals surface area contributed by atoms with Crippen molar-refractivity contribution in [2.45, 2.75) is 52.0 Å². The van der Waals surface area contributed by atoms with Crippen LogP contribution < -0.4 is 10.6 Å². The lowest BCUT2D eigenvalue weighted by Gasteiger charge is -2.25. The number of benzene rings is 1. The number of hydrogen-bond donors (Lipinski definition) is 2. The minimum atomic E-state index is -1.13. The lowest BCUT2D eigenvalue weighted by molar-refractivity contribution is -0.141. The summed E-state index contributed by atoms with van der Waals surface area (Å²) in [6.45, 7) is 3.55. The van der Waals surface area contributed by atoms with Crippen LogP contribution in [0.1, 0.15) is 45.1 Å². The van der Waals surface area contributed by atoms with E-state index in [0.29, 0.717) is 18.5 Å². The standard InChI is InChI=1S/C18H25FN2O2/c1-18(2,17(23)21-14-8-4-5-9-14)16(22)20-12-11-13-7-3-6-10-15(13)19/h3,6-7,10,14H,4-5,8-9,11-12H2,1-2H3,(H,20,22)(H,21,23). The van der Waals surface area contributed by atoms with Crippen LogP contribution in [0.2, 0.25) is 0 Å². The third-order valence-electron chi connectivity index (χ3n) is 4.46. The van der Waals surface area contributed by atoms with Crippen LogP contribution >= 0.6 is 0 Å². The van der Waals surface area contributed by atoms with Gasteiger partial charge in [-0.1, -0.05) is 31.0 Å². The van der Waals surface area contributed by atoms with Crippen LogP contribution in [0.25, 0.3) is 0 Å². The maximum atomic E-state index is 13.5. The minimum absolute atomic E-state index is 0.188. The molecule has 0 aromatic heterocycles. The summed E-state index contributed by atoms with van der Waals surface area (Å²) in [6, 6.07) is 6.68. The van der Waals surface area contributed by atoms with E-state index < -0.39 is 5.41 Å². The molecule has 0 heterocycles. The van der Waals surface area contributed by atoms with Gasteiger partial charge in [-0.05, 0) is 44.7 Å². The van der Waals surface area contributed by atoms with Gasteiger partial charge in [0.25, 0.3) is 0 Å². The summed E-state index contributed by atoms with van der Waals surface area (Å²) in [6.07, 6.45) is 4.62. The van der Waals surface area contributed by atoms with Crippen LogP contribution in [-0.2, 0) is 16.0 Å². The molecule has 126 valence electrons. The SMILES string of the molecule is CC(C)(C(=O)NCCc1ccccc1F)C(=O)NC1CCCC1. The Kier molecular flexibility index (Phi) is 5.74. The van der Waals surface area contributed by atoms with E-state index in [1.807, 2.05) is 0 Å². The number of amides is 2. The maximum absolute atomic E-state index is 13.5. The van der Waals surface area contributed by atoms with E-state index >= 15 is 0 Å². The van der Waals surface area contributed by atoms with E-state index in [0.717, 1.165) is 25.7 Å². The van der Waals surface area contributed by atoms with Crippen molar-refractivity contribution in [3.63, 3.8) is 0 Å². The lowest BCUT2D eigenvalue weighted by atomic mass is 9.90. The molecule has 4 nitrogen and oxygen atoms in total. The van der Waals surface area contributed by atoms with Gasteiger partial charge in [0.05, 0.1) is 0 Å². The molecule has 1 aromatic rings. The van der Waals surface area contributed by atoms with Crippen molar-refractivity contribution in [1.82, 2.24) is 10.6 Å². The highest BCUT2D eigenvalue weighted by Gasteiger charge is 2.37. The van der Waals surface area contributed by atoms with Gasteiger partial charge >= 0.3 is 0 Å². The highest BCUT2D eigenvalue weighted by Crippen LogP contribution is 2.21. The third kappa shape index (κ3) is 4.53. The quantitative estimate of drug-likeness (QED) is 0.792. The molecule has 1 saturated carbocycles. The molecule has 2 amide bonds. The first-order valence-corrected chi connectivity index (χ1v) is 8.24. The maximum Gasteiger partial charge on any atom is 0.235 e. The molecule has 0 unspecified atom stereocenters. The van der Waals surface area contributed by atoms with Gasteiger partial charge in [-0.3, -0.25) is 9.59 Å². The molecule has 1 aromatic carbocycles. The van der Waals surface area contributed by atoms with Gasteiger partial charge in [0, 0.05) is 12.6 Å². The fourth-order valence-electron chi connectivity index (χ4n) is 2.77. The number of rotatable bonds is 6. The summed E-state index contributed by atoms with van der Waals surface area (Å²) in [7, 11) is 0. The zero-order chi connectivity index (χ0) is 16.9. The van der Waals surface area contributed by atoms with Gasteiger partial charge in [0.1, 0.15) is 11.2 Å². The minimum Gasteiger partial charge on any atom is -0.355 e. The van der Waals surface area contributed by atoms with E-state index in [1.165, 1.54) is 6.07 Å². The Hall–Kier alpha value is -1.91. The van der Waals surface area contributed by atoms with Crippen molar-refractivity contribution in [2.75, 3.05) is 6.54 Å². The van der Waals surface area contributed by atoms with Crippen molar-refractivity contribution in [3.8, 4) is 0 Å². The summed E-state index contributed by atoms with van der Waals surface area (Å²) in [5.74, 6) is -0.850. The number of hydrogen-bond acceptors (Lipinski definition) is 2. The number of carbonyl (C=O) groups is 2. The summed E-state index contributed by atoms with van der Waals surface area (Å²) in [5, 5.41) is 5.70. The van der Waals surface area contributed by atoms with Gasteiger partial charge in [-0.25, -0.2) is 4.39 Å². The molecule has 23 heavy (non-hydrogen) atoms. The van der Waals surface area contributed by atoms with Crippen LogP contribution in [-0.4, -0.2) is 24.4 Å². The smallest absolute Gasteiger partial charge is 0.235 e. The van der Waals surface area contributed by atoms with Crippen LogP contribution in [0.15, 0.2) is 24.3 Å². The average Bonchev–Trinajstić information content (AvgIpc) is 3.02. The Bertz CT molecular complexity index is 566. The fourth-order valence-corrected chi connectivity index (χ4v) is 2.77.